The van der Waals surface area contributed by atoms with Crippen molar-refractivity contribution in [2.24, 2.45) is 5.92 Å². The van der Waals surface area contributed by atoms with E-state index >= 15 is 0 Å². The maximum atomic E-state index is 9.72. The van der Waals surface area contributed by atoms with Gasteiger partial charge in [0.1, 0.15) is 5.82 Å². The van der Waals surface area contributed by atoms with E-state index < -0.39 is 6.10 Å². The van der Waals surface area contributed by atoms with Crippen LogP contribution in [0.3, 0.4) is 0 Å². The molecule has 0 aromatic carbocycles. The molecule has 1 N–H and O–H groups in total. The van der Waals surface area contributed by atoms with Gasteiger partial charge in [0.15, 0.2) is 0 Å². The topological polar surface area (TPSA) is 36.4 Å². The molecule has 3 heteroatoms. The van der Waals surface area contributed by atoms with Crippen molar-refractivity contribution >= 4 is 5.82 Å². The van der Waals surface area contributed by atoms with E-state index in [1.54, 1.807) is 13.1 Å². The monoisotopic (exact) mass is 264 g/mol. The van der Waals surface area contributed by atoms with Gasteiger partial charge in [-0.25, -0.2) is 4.98 Å². The van der Waals surface area contributed by atoms with E-state index in [2.05, 4.69) is 37.6 Å². The van der Waals surface area contributed by atoms with Gasteiger partial charge in [0.05, 0.1) is 6.10 Å². The van der Waals surface area contributed by atoms with Crippen molar-refractivity contribution in [3.05, 3.63) is 23.9 Å². The Morgan fingerprint density at radius 3 is 2.32 bits per heavy atom. The zero-order valence-electron chi connectivity index (χ0n) is 12.9. The van der Waals surface area contributed by atoms with Gasteiger partial charge in [-0.3, -0.25) is 0 Å². The van der Waals surface area contributed by atoms with Crippen LogP contribution >= 0.6 is 0 Å². The van der Waals surface area contributed by atoms with Crippen molar-refractivity contribution in [2.45, 2.75) is 59.6 Å². The number of pyridine rings is 1. The molecule has 0 amide bonds. The normalized spacial score (nSPS) is 13.1. The molecular weight excluding hydrogens is 236 g/mol. The van der Waals surface area contributed by atoms with Gasteiger partial charge in [0, 0.05) is 18.8 Å². The lowest BCUT2D eigenvalue weighted by molar-refractivity contribution is 0.199. The lowest BCUT2D eigenvalue weighted by Gasteiger charge is -2.33. The molecule has 0 aliphatic heterocycles. The van der Waals surface area contributed by atoms with Crippen molar-refractivity contribution in [1.82, 2.24) is 4.98 Å². The molecule has 1 aromatic rings. The van der Waals surface area contributed by atoms with Gasteiger partial charge in [-0.15, -0.1) is 0 Å². The number of nitrogens with zero attached hydrogens (tertiary/aromatic N) is 2. The molecule has 1 heterocycles. The number of aliphatic hydroxyl groups excluding tert-OH is 1. The van der Waals surface area contributed by atoms with Gasteiger partial charge in [-0.05, 0) is 43.4 Å². The summed E-state index contributed by atoms with van der Waals surface area (Å²) in [7, 11) is 0. The van der Waals surface area contributed by atoms with E-state index in [1.807, 2.05) is 12.1 Å². The molecule has 0 saturated carbocycles. The molecule has 0 fully saturated rings. The summed E-state index contributed by atoms with van der Waals surface area (Å²) in [4.78, 5) is 6.89. The molecule has 0 saturated heterocycles. The van der Waals surface area contributed by atoms with Gasteiger partial charge in [0.2, 0.25) is 0 Å². The molecule has 3 nitrogen and oxygen atoms in total. The lowest BCUT2D eigenvalue weighted by atomic mass is 10.1. The quantitative estimate of drug-likeness (QED) is 0.814. The van der Waals surface area contributed by atoms with Crippen LogP contribution in [0.15, 0.2) is 18.3 Å². The third kappa shape index (κ3) is 4.50. The summed E-state index contributed by atoms with van der Waals surface area (Å²) in [6, 6.07) is 4.42. The van der Waals surface area contributed by atoms with Crippen LogP contribution in [0, 0.1) is 5.92 Å². The van der Waals surface area contributed by atoms with E-state index in [4.69, 9.17) is 0 Å². The van der Waals surface area contributed by atoms with E-state index in [0.717, 1.165) is 30.8 Å². The number of aromatic nitrogens is 1. The fourth-order valence-corrected chi connectivity index (χ4v) is 2.40. The second-order valence-corrected chi connectivity index (χ2v) is 5.64. The number of aliphatic hydroxyl groups is 1. The fourth-order valence-electron chi connectivity index (χ4n) is 2.40. The average molecular weight is 264 g/mol. The smallest absolute Gasteiger partial charge is 0.129 e. The lowest BCUT2D eigenvalue weighted by Crippen LogP contribution is -2.38. The van der Waals surface area contributed by atoms with Crippen molar-refractivity contribution in [2.75, 3.05) is 11.4 Å². The summed E-state index contributed by atoms with van der Waals surface area (Å²) < 4.78 is 0. The van der Waals surface area contributed by atoms with E-state index in [0.29, 0.717) is 12.0 Å². The minimum Gasteiger partial charge on any atom is -0.389 e. The third-order valence-corrected chi connectivity index (χ3v) is 3.49. The summed E-state index contributed by atoms with van der Waals surface area (Å²) in [6.07, 6.45) is 3.59. The largest absolute Gasteiger partial charge is 0.389 e. The van der Waals surface area contributed by atoms with Crippen molar-refractivity contribution in [3.63, 3.8) is 0 Å². The predicted molar refractivity (Wildman–Crippen MR) is 81.4 cm³/mol. The summed E-state index contributed by atoms with van der Waals surface area (Å²) in [6.45, 7) is 11.7. The molecule has 0 bridgehead atoms. The fraction of sp³-hybridized carbons (Fsp3) is 0.688. The highest BCUT2D eigenvalue weighted by Gasteiger charge is 2.18. The standard InChI is InChI=1S/C16H28N2O/c1-6-15(7-2)18(11-12(3)4)16-10-14(13(5)19)8-9-17-16/h8-10,12-13,15,19H,6-7,11H2,1-5H3/t13-/m1/s1. The van der Waals surface area contributed by atoms with Crippen molar-refractivity contribution < 1.29 is 5.11 Å². The third-order valence-electron chi connectivity index (χ3n) is 3.49. The molecule has 0 aliphatic carbocycles. The molecule has 1 aromatic heterocycles. The van der Waals surface area contributed by atoms with Crippen LogP contribution in [0.1, 0.15) is 59.1 Å². The van der Waals surface area contributed by atoms with Crippen LogP contribution in [0.25, 0.3) is 0 Å². The van der Waals surface area contributed by atoms with Crippen LogP contribution < -0.4 is 4.90 Å². The van der Waals surface area contributed by atoms with Gasteiger partial charge in [0.25, 0.3) is 0 Å². The SMILES string of the molecule is CCC(CC)N(CC(C)C)c1cc([C@@H](C)O)ccn1. The molecule has 108 valence electrons. The molecule has 0 spiro atoms. The highest BCUT2D eigenvalue weighted by Crippen LogP contribution is 2.23. The summed E-state index contributed by atoms with van der Waals surface area (Å²) in [5.41, 5.74) is 0.935. The zero-order valence-corrected chi connectivity index (χ0v) is 12.9. The minimum absolute atomic E-state index is 0.440. The maximum absolute atomic E-state index is 9.72. The Labute approximate surface area is 117 Å². The number of hydrogen-bond acceptors (Lipinski definition) is 3. The second kappa shape index (κ2) is 7.49. The Morgan fingerprint density at radius 2 is 1.84 bits per heavy atom. The predicted octanol–water partition coefficient (Wildman–Crippen LogP) is 3.79. The Kier molecular flexibility index (Phi) is 6.29. The Morgan fingerprint density at radius 1 is 1.21 bits per heavy atom. The zero-order chi connectivity index (χ0) is 14.4. The summed E-state index contributed by atoms with van der Waals surface area (Å²) in [5.74, 6) is 1.58. The van der Waals surface area contributed by atoms with Crippen LogP contribution in [0.5, 0.6) is 0 Å². The molecular formula is C16H28N2O. The Bertz CT molecular complexity index is 373. The van der Waals surface area contributed by atoms with E-state index in [9.17, 15) is 5.11 Å². The average Bonchev–Trinajstić information content (AvgIpc) is 2.38. The number of rotatable bonds is 7. The first kappa shape index (κ1) is 16.0. The van der Waals surface area contributed by atoms with E-state index in [-0.39, 0.29) is 0 Å². The Balaban J connectivity index is 3.05. The second-order valence-electron chi connectivity index (χ2n) is 5.64. The molecule has 0 aliphatic rings. The molecule has 1 rings (SSSR count). The van der Waals surface area contributed by atoms with Gasteiger partial charge in [-0.2, -0.15) is 0 Å². The summed E-state index contributed by atoms with van der Waals surface area (Å²) >= 11 is 0. The van der Waals surface area contributed by atoms with Gasteiger partial charge >= 0.3 is 0 Å². The number of anilines is 1. The summed E-state index contributed by atoms with van der Waals surface area (Å²) in [5, 5.41) is 9.72. The van der Waals surface area contributed by atoms with Gasteiger partial charge in [-0.1, -0.05) is 27.7 Å². The Hall–Kier alpha value is -1.09. The van der Waals surface area contributed by atoms with Crippen LogP contribution in [-0.4, -0.2) is 22.7 Å². The number of hydrogen-bond donors (Lipinski definition) is 1. The minimum atomic E-state index is -0.440. The van der Waals surface area contributed by atoms with Crippen LogP contribution in [-0.2, 0) is 0 Å². The van der Waals surface area contributed by atoms with Crippen LogP contribution in [0.4, 0.5) is 5.82 Å². The molecule has 19 heavy (non-hydrogen) atoms. The maximum Gasteiger partial charge on any atom is 0.129 e. The van der Waals surface area contributed by atoms with Crippen molar-refractivity contribution in [1.29, 1.82) is 0 Å². The highest BCUT2D eigenvalue weighted by molar-refractivity contribution is 5.42. The molecule has 0 unspecified atom stereocenters. The van der Waals surface area contributed by atoms with Crippen LogP contribution in [0.2, 0.25) is 0 Å². The van der Waals surface area contributed by atoms with Gasteiger partial charge < -0.3 is 10.0 Å². The molecule has 1 atom stereocenters. The first-order valence-electron chi connectivity index (χ1n) is 7.40. The first-order chi connectivity index (χ1) is 8.99. The van der Waals surface area contributed by atoms with Crippen molar-refractivity contribution in [3.8, 4) is 0 Å². The first-order valence-corrected chi connectivity index (χ1v) is 7.40. The van der Waals surface area contributed by atoms with E-state index in [1.165, 1.54) is 0 Å². The molecule has 0 radical (unpaired) electrons. The highest BCUT2D eigenvalue weighted by atomic mass is 16.3.